The lowest BCUT2D eigenvalue weighted by Crippen LogP contribution is -2.26. The summed E-state index contributed by atoms with van der Waals surface area (Å²) in [5, 5.41) is 3.39. The van der Waals surface area contributed by atoms with Crippen molar-refractivity contribution in [1.82, 2.24) is 5.32 Å². The predicted octanol–water partition coefficient (Wildman–Crippen LogP) is 3.36. The first kappa shape index (κ1) is 14.0. The quantitative estimate of drug-likeness (QED) is 0.822. The van der Waals surface area contributed by atoms with E-state index in [1.165, 1.54) is 13.2 Å². The van der Waals surface area contributed by atoms with Crippen molar-refractivity contribution in [3.05, 3.63) is 29.6 Å². The van der Waals surface area contributed by atoms with Gasteiger partial charge in [0.15, 0.2) is 11.6 Å². The minimum absolute atomic E-state index is 0.295. The molecule has 2 nitrogen and oxygen atoms in total. The van der Waals surface area contributed by atoms with Gasteiger partial charge in [0, 0.05) is 12.6 Å². The number of nitrogens with one attached hydrogen (secondary N) is 1. The van der Waals surface area contributed by atoms with Crippen molar-refractivity contribution in [2.75, 3.05) is 7.11 Å². The second-order valence-corrected chi connectivity index (χ2v) is 4.88. The van der Waals surface area contributed by atoms with Gasteiger partial charge in [0.25, 0.3) is 0 Å². The molecule has 0 spiro atoms. The van der Waals surface area contributed by atoms with Crippen LogP contribution in [0.3, 0.4) is 0 Å². The number of methoxy groups -OCH3 is 1. The fourth-order valence-electron chi connectivity index (χ4n) is 1.90. The molecule has 0 aromatic heterocycles. The molecule has 96 valence electrons. The summed E-state index contributed by atoms with van der Waals surface area (Å²) in [6.07, 6.45) is 1.12. The van der Waals surface area contributed by atoms with E-state index in [-0.39, 0.29) is 5.82 Å². The third kappa shape index (κ3) is 4.73. The van der Waals surface area contributed by atoms with E-state index in [0.717, 1.165) is 12.0 Å². The number of benzene rings is 1. The molecular formula is C14H22FNO. The van der Waals surface area contributed by atoms with E-state index in [2.05, 4.69) is 26.1 Å². The maximum Gasteiger partial charge on any atom is 0.165 e. The van der Waals surface area contributed by atoms with Gasteiger partial charge >= 0.3 is 0 Å². The fraction of sp³-hybridized carbons (Fsp3) is 0.571. The summed E-state index contributed by atoms with van der Waals surface area (Å²) in [7, 11) is 1.47. The average molecular weight is 239 g/mol. The number of hydrogen-bond acceptors (Lipinski definition) is 2. The zero-order valence-corrected chi connectivity index (χ0v) is 11.1. The Labute approximate surface area is 103 Å². The first-order valence-corrected chi connectivity index (χ1v) is 6.08. The fourth-order valence-corrected chi connectivity index (χ4v) is 1.90. The van der Waals surface area contributed by atoms with Crippen molar-refractivity contribution in [2.45, 2.75) is 39.8 Å². The molecule has 1 atom stereocenters. The Morgan fingerprint density at radius 2 is 2.00 bits per heavy atom. The van der Waals surface area contributed by atoms with Crippen LogP contribution in [0, 0.1) is 11.7 Å². The molecule has 0 saturated carbocycles. The number of hydrogen-bond donors (Lipinski definition) is 1. The Balaban J connectivity index is 2.49. The van der Waals surface area contributed by atoms with Crippen molar-refractivity contribution < 1.29 is 9.13 Å². The molecule has 1 aromatic carbocycles. The van der Waals surface area contributed by atoms with Crippen molar-refractivity contribution >= 4 is 0 Å². The van der Waals surface area contributed by atoms with Gasteiger partial charge in [-0.05, 0) is 37.0 Å². The topological polar surface area (TPSA) is 21.3 Å². The number of halogens is 1. The van der Waals surface area contributed by atoms with Gasteiger partial charge in [-0.3, -0.25) is 0 Å². The monoisotopic (exact) mass is 239 g/mol. The Morgan fingerprint density at radius 3 is 2.53 bits per heavy atom. The van der Waals surface area contributed by atoms with E-state index in [9.17, 15) is 4.39 Å². The summed E-state index contributed by atoms with van der Waals surface area (Å²) in [4.78, 5) is 0. The molecule has 0 radical (unpaired) electrons. The second kappa shape index (κ2) is 6.60. The van der Waals surface area contributed by atoms with Crippen molar-refractivity contribution in [3.63, 3.8) is 0 Å². The van der Waals surface area contributed by atoms with E-state index in [0.29, 0.717) is 24.3 Å². The highest BCUT2D eigenvalue weighted by molar-refractivity contribution is 5.29. The summed E-state index contributed by atoms with van der Waals surface area (Å²) in [6, 6.07) is 5.52. The summed E-state index contributed by atoms with van der Waals surface area (Å²) in [6.45, 7) is 7.24. The summed E-state index contributed by atoms with van der Waals surface area (Å²) in [5.41, 5.74) is 0.943. The largest absolute Gasteiger partial charge is 0.494 e. The lowest BCUT2D eigenvalue weighted by atomic mass is 10.1. The van der Waals surface area contributed by atoms with Crippen LogP contribution in [0.4, 0.5) is 4.39 Å². The summed E-state index contributed by atoms with van der Waals surface area (Å²) < 4.78 is 18.3. The molecule has 1 rings (SSSR count). The smallest absolute Gasteiger partial charge is 0.165 e. The average Bonchev–Trinajstić information content (AvgIpc) is 2.25. The van der Waals surface area contributed by atoms with E-state index in [1.807, 2.05) is 6.07 Å². The van der Waals surface area contributed by atoms with Crippen molar-refractivity contribution in [1.29, 1.82) is 0 Å². The van der Waals surface area contributed by atoms with Gasteiger partial charge in [-0.1, -0.05) is 19.9 Å². The molecule has 0 aliphatic heterocycles. The van der Waals surface area contributed by atoms with Gasteiger partial charge in [-0.2, -0.15) is 0 Å². The zero-order chi connectivity index (χ0) is 12.8. The third-order valence-corrected chi connectivity index (χ3v) is 2.70. The summed E-state index contributed by atoms with van der Waals surface area (Å²) in [5.74, 6) is 0.664. The Bertz CT molecular complexity index is 352. The van der Waals surface area contributed by atoms with Crippen LogP contribution in [0.15, 0.2) is 18.2 Å². The Kier molecular flexibility index (Phi) is 5.42. The third-order valence-electron chi connectivity index (χ3n) is 2.70. The second-order valence-electron chi connectivity index (χ2n) is 4.88. The minimum atomic E-state index is -0.302. The Morgan fingerprint density at radius 1 is 1.29 bits per heavy atom. The maximum absolute atomic E-state index is 13.4. The molecule has 0 bridgehead atoms. The molecule has 17 heavy (non-hydrogen) atoms. The van der Waals surface area contributed by atoms with Crippen LogP contribution in [0.2, 0.25) is 0 Å². The van der Waals surface area contributed by atoms with Crippen LogP contribution < -0.4 is 10.1 Å². The maximum atomic E-state index is 13.4. The highest BCUT2D eigenvalue weighted by atomic mass is 19.1. The highest BCUT2D eigenvalue weighted by Crippen LogP contribution is 2.17. The molecule has 3 heteroatoms. The zero-order valence-electron chi connectivity index (χ0n) is 11.1. The van der Waals surface area contributed by atoms with Gasteiger partial charge in [-0.25, -0.2) is 4.39 Å². The molecule has 0 fully saturated rings. The van der Waals surface area contributed by atoms with Gasteiger partial charge in [0.1, 0.15) is 0 Å². The van der Waals surface area contributed by atoms with Crippen LogP contribution in [-0.2, 0) is 6.54 Å². The molecule has 0 aliphatic rings. The van der Waals surface area contributed by atoms with Crippen molar-refractivity contribution in [2.24, 2.45) is 5.92 Å². The number of ether oxygens (including phenoxy) is 1. The normalized spacial score (nSPS) is 12.8. The van der Waals surface area contributed by atoms with Gasteiger partial charge in [0.2, 0.25) is 0 Å². The number of rotatable bonds is 6. The molecule has 1 aromatic rings. The van der Waals surface area contributed by atoms with Gasteiger partial charge in [0.05, 0.1) is 7.11 Å². The lowest BCUT2D eigenvalue weighted by molar-refractivity contribution is 0.385. The first-order chi connectivity index (χ1) is 8.02. The predicted molar refractivity (Wildman–Crippen MR) is 68.7 cm³/mol. The molecule has 0 heterocycles. The van der Waals surface area contributed by atoms with Gasteiger partial charge < -0.3 is 10.1 Å². The van der Waals surface area contributed by atoms with Gasteiger partial charge in [-0.15, -0.1) is 0 Å². The lowest BCUT2D eigenvalue weighted by Gasteiger charge is -2.16. The molecule has 0 amide bonds. The standard InChI is InChI=1S/C14H22FNO/c1-10(2)7-11(3)16-9-12-5-6-14(17-4)13(15)8-12/h5-6,8,10-11,16H,7,9H2,1-4H3. The van der Waals surface area contributed by atoms with E-state index < -0.39 is 0 Å². The summed E-state index contributed by atoms with van der Waals surface area (Å²) >= 11 is 0. The molecule has 1 unspecified atom stereocenters. The molecule has 1 N–H and O–H groups in total. The van der Waals surface area contributed by atoms with E-state index >= 15 is 0 Å². The minimum Gasteiger partial charge on any atom is -0.494 e. The highest BCUT2D eigenvalue weighted by Gasteiger charge is 2.06. The molecular weight excluding hydrogens is 217 g/mol. The van der Waals surface area contributed by atoms with E-state index in [4.69, 9.17) is 4.74 Å². The first-order valence-electron chi connectivity index (χ1n) is 6.08. The van der Waals surface area contributed by atoms with Crippen LogP contribution in [0.25, 0.3) is 0 Å². The van der Waals surface area contributed by atoms with Crippen LogP contribution in [-0.4, -0.2) is 13.2 Å². The van der Waals surface area contributed by atoms with E-state index in [1.54, 1.807) is 6.07 Å². The molecule has 0 aliphatic carbocycles. The SMILES string of the molecule is COc1ccc(CNC(C)CC(C)C)cc1F. The van der Waals surface area contributed by atoms with Crippen molar-refractivity contribution in [3.8, 4) is 5.75 Å². The van der Waals surface area contributed by atoms with Crippen LogP contribution in [0.5, 0.6) is 5.75 Å². The van der Waals surface area contributed by atoms with Crippen LogP contribution in [0.1, 0.15) is 32.8 Å². The van der Waals surface area contributed by atoms with Crippen LogP contribution >= 0.6 is 0 Å². The molecule has 0 saturated heterocycles. The Hall–Kier alpha value is -1.09.